The van der Waals surface area contributed by atoms with Gasteiger partial charge in [0.2, 0.25) is 5.91 Å². The third kappa shape index (κ3) is 5.97. The first-order valence-electron chi connectivity index (χ1n) is 11.9. The van der Waals surface area contributed by atoms with Gasteiger partial charge in [-0.3, -0.25) is 14.5 Å². The van der Waals surface area contributed by atoms with Gasteiger partial charge in [0.1, 0.15) is 17.6 Å². The second-order valence-corrected chi connectivity index (χ2v) is 8.84. The average molecular weight is 536 g/mol. The number of methoxy groups -OCH3 is 1. The SMILES string of the molecule is CCOC(=O)c1ccc(N2C(=O)[C@H](CC(=O)Nc3ccc(F)cc3)N(Cc3ccc(OC)cc3)C2=S)cc1. The molecule has 1 aliphatic heterocycles. The van der Waals surface area contributed by atoms with Crippen LogP contribution in [0.3, 0.4) is 0 Å². The lowest BCUT2D eigenvalue weighted by atomic mass is 10.1. The van der Waals surface area contributed by atoms with Crippen molar-refractivity contribution in [2.75, 3.05) is 23.9 Å². The fourth-order valence-electron chi connectivity index (χ4n) is 4.06. The van der Waals surface area contributed by atoms with Gasteiger partial charge >= 0.3 is 5.97 Å². The number of nitrogens with zero attached hydrogens (tertiary/aromatic N) is 2. The molecular weight excluding hydrogens is 509 g/mol. The summed E-state index contributed by atoms with van der Waals surface area (Å²) in [5.41, 5.74) is 2.09. The molecule has 4 rings (SSSR count). The molecule has 38 heavy (non-hydrogen) atoms. The molecule has 0 spiro atoms. The zero-order valence-electron chi connectivity index (χ0n) is 20.8. The zero-order valence-corrected chi connectivity index (χ0v) is 21.7. The molecule has 1 fully saturated rings. The molecule has 3 aromatic carbocycles. The van der Waals surface area contributed by atoms with Crippen molar-refractivity contribution in [3.05, 3.63) is 89.7 Å². The molecule has 3 aromatic rings. The van der Waals surface area contributed by atoms with Crippen molar-refractivity contribution < 1.29 is 28.2 Å². The first-order valence-corrected chi connectivity index (χ1v) is 12.3. The molecule has 8 nitrogen and oxygen atoms in total. The van der Waals surface area contributed by atoms with Crippen LogP contribution in [0.1, 0.15) is 29.3 Å². The third-order valence-corrected chi connectivity index (χ3v) is 6.39. The van der Waals surface area contributed by atoms with E-state index in [0.29, 0.717) is 22.7 Å². The average Bonchev–Trinajstić information content (AvgIpc) is 3.14. The highest BCUT2D eigenvalue weighted by atomic mass is 32.1. The minimum atomic E-state index is -0.880. The first kappa shape index (κ1) is 26.7. The van der Waals surface area contributed by atoms with Gasteiger partial charge in [0.25, 0.3) is 5.91 Å². The van der Waals surface area contributed by atoms with Crippen molar-refractivity contribution in [2.45, 2.75) is 25.9 Å². The van der Waals surface area contributed by atoms with Gasteiger partial charge in [-0.05, 0) is 85.4 Å². The molecule has 2 amide bonds. The summed E-state index contributed by atoms with van der Waals surface area (Å²) in [5.74, 6) is -0.994. The Morgan fingerprint density at radius 2 is 1.66 bits per heavy atom. The number of rotatable bonds is 9. The van der Waals surface area contributed by atoms with E-state index in [4.69, 9.17) is 21.7 Å². The lowest BCUT2D eigenvalue weighted by molar-refractivity contribution is -0.124. The van der Waals surface area contributed by atoms with Crippen LogP contribution in [0.5, 0.6) is 5.75 Å². The monoisotopic (exact) mass is 535 g/mol. The number of benzene rings is 3. The number of thiocarbonyl (C=S) groups is 1. The Hall–Kier alpha value is -4.31. The maximum atomic E-state index is 13.6. The summed E-state index contributed by atoms with van der Waals surface area (Å²) >= 11 is 5.71. The van der Waals surface area contributed by atoms with Crippen LogP contribution < -0.4 is 15.0 Å². The molecule has 1 aliphatic rings. The van der Waals surface area contributed by atoms with Crippen molar-refractivity contribution in [1.29, 1.82) is 0 Å². The summed E-state index contributed by atoms with van der Waals surface area (Å²) in [5, 5.41) is 2.93. The molecule has 1 N–H and O–H groups in total. The van der Waals surface area contributed by atoms with Crippen LogP contribution in [-0.4, -0.2) is 47.6 Å². The maximum Gasteiger partial charge on any atom is 0.338 e. The topological polar surface area (TPSA) is 88.2 Å². The van der Waals surface area contributed by atoms with Crippen LogP contribution >= 0.6 is 12.2 Å². The van der Waals surface area contributed by atoms with E-state index in [0.717, 1.165) is 5.56 Å². The molecule has 0 aromatic heterocycles. The van der Waals surface area contributed by atoms with E-state index in [1.807, 2.05) is 12.1 Å². The van der Waals surface area contributed by atoms with Gasteiger partial charge in [-0.1, -0.05) is 12.1 Å². The van der Waals surface area contributed by atoms with Crippen molar-refractivity contribution in [3.8, 4) is 5.75 Å². The Morgan fingerprint density at radius 3 is 2.26 bits per heavy atom. The van der Waals surface area contributed by atoms with Crippen LogP contribution in [0.15, 0.2) is 72.8 Å². The van der Waals surface area contributed by atoms with Crippen LogP contribution in [0.4, 0.5) is 15.8 Å². The Kier molecular flexibility index (Phi) is 8.32. The fraction of sp³-hybridized carbons (Fsp3) is 0.214. The minimum absolute atomic E-state index is 0.177. The van der Waals surface area contributed by atoms with Gasteiger partial charge < -0.3 is 19.7 Å². The highest BCUT2D eigenvalue weighted by Gasteiger charge is 2.44. The van der Waals surface area contributed by atoms with Crippen molar-refractivity contribution in [2.24, 2.45) is 0 Å². The Morgan fingerprint density at radius 1 is 1.00 bits per heavy atom. The highest BCUT2D eigenvalue weighted by Crippen LogP contribution is 2.29. The highest BCUT2D eigenvalue weighted by molar-refractivity contribution is 7.80. The van der Waals surface area contributed by atoms with E-state index in [1.54, 1.807) is 55.3 Å². The van der Waals surface area contributed by atoms with E-state index in [9.17, 15) is 18.8 Å². The molecule has 0 unspecified atom stereocenters. The lowest BCUT2D eigenvalue weighted by Gasteiger charge is -2.24. The van der Waals surface area contributed by atoms with Gasteiger partial charge in [-0.15, -0.1) is 0 Å². The van der Waals surface area contributed by atoms with Crippen LogP contribution in [0, 0.1) is 5.82 Å². The number of anilines is 2. The molecule has 1 heterocycles. The molecule has 1 atom stereocenters. The number of carbonyl (C=O) groups excluding carboxylic acids is 3. The largest absolute Gasteiger partial charge is 0.497 e. The standard InChI is InChI=1S/C28H26FN3O5S/c1-3-37-27(35)19-6-12-22(13-7-19)32-26(34)24(16-25(33)30-21-10-8-20(29)9-11-21)31(28(32)38)17-18-4-14-23(36-2)15-5-18/h4-15,24H,3,16-17H2,1-2H3,(H,30,33)/t24-/m0/s1. The number of carbonyl (C=O) groups is 3. The number of nitrogens with one attached hydrogen (secondary N) is 1. The predicted molar refractivity (Wildman–Crippen MR) is 144 cm³/mol. The van der Waals surface area contributed by atoms with E-state index < -0.39 is 23.7 Å². The molecule has 1 saturated heterocycles. The van der Waals surface area contributed by atoms with Crippen LogP contribution in [0.2, 0.25) is 0 Å². The Balaban J connectivity index is 1.59. The third-order valence-electron chi connectivity index (χ3n) is 5.97. The normalized spacial score (nSPS) is 15.0. The quantitative estimate of drug-likeness (QED) is 0.318. The summed E-state index contributed by atoms with van der Waals surface area (Å²) in [4.78, 5) is 41.6. The maximum absolute atomic E-state index is 13.6. The summed E-state index contributed by atoms with van der Waals surface area (Å²) in [6.07, 6.45) is -0.177. The number of ether oxygens (including phenoxy) is 2. The molecular formula is C28H26FN3O5S. The summed E-state index contributed by atoms with van der Waals surface area (Å²) < 4.78 is 23.5. The number of hydrogen-bond donors (Lipinski definition) is 1. The van der Waals surface area contributed by atoms with Crippen LogP contribution in [0.25, 0.3) is 0 Å². The number of esters is 1. The lowest BCUT2D eigenvalue weighted by Crippen LogP contribution is -2.37. The van der Waals surface area contributed by atoms with Crippen LogP contribution in [-0.2, 0) is 20.9 Å². The summed E-state index contributed by atoms with van der Waals surface area (Å²) in [6.45, 7) is 2.25. The van der Waals surface area contributed by atoms with Gasteiger partial charge in [0, 0.05) is 12.2 Å². The summed E-state index contributed by atoms with van der Waals surface area (Å²) in [7, 11) is 1.57. The molecule has 0 saturated carbocycles. The van der Waals surface area contributed by atoms with Gasteiger partial charge in [0.15, 0.2) is 5.11 Å². The Bertz CT molecular complexity index is 1330. The van der Waals surface area contributed by atoms with E-state index in [-0.39, 0.29) is 30.6 Å². The van der Waals surface area contributed by atoms with E-state index >= 15 is 0 Å². The van der Waals surface area contributed by atoms with Gasteiger partial charge in [-0.2, -0.15) is 0 Å². The minimum Gasteiger partial charge on any atom is -0.497 e. The molecule has 0 bridgehead atoms. The summed E-state index contributed by atoms with van der Waals surface area (Å²) in [6, 6.07) is 18.2. The van der Waals surface area contributed by atoms with E-state index in [1.165, 1.54) is 29.2 Å². The smallest absolute Gasteiger partial charge is 0.338 e. The number of amides is 2. The second-order valence-electron chi connectivity index (χ2n) is 8.47. The molecule has 0 aliphatic carbocycles. The second kappa shape index (κ2) is 11.8. The molecule has 196 valence electrons. The van der Waals surface area contributed by atoms with Crippen molar-refractivity contribution in [1.82, 2.24) is 4.90 Å². The van der Waals surface area contributed by atoms with Crippen molar-refractivity contribution >= 4 is 46.5 Å². The molecule has 10 heteroatoms. The van der Waals surface area contributed by atoms with Gasteiger partial charge in [-0.25, -0.2) is 9.18 Å². The first-order chi connectivity index (χ1) is 18.3. The predicted octanol–water partition coefficient (Wildman–Crippen LogP) is 4.54. The fourth-order valence-corrected chi connectivity index (χ4v) is 4.45. The van der Waals surface area contributed by atoms with Gasteiger partial charge in [0.05, 0.1) is 31.4 Å². The number of halogens is 1. The number of hydrogen-bond acceptors (Lipinski definition) is 6. The van der Waals surface area contributed by atoms with Crippen molar-refractivity contribution in [3.63, 3.8) is 0 Å². The zero-order chi connectivity index (χ0) is 27.2. The molecule has 0 radical (unpaired) electrons. The van der Waals surface area contributed by atoms with E-state index in [2.05, 4.69) is 5.32 Å². The Labute approximate surface area is 224 Å².